The van der Waals surface area contributed by atoms with Gasteiger partial charge in [0.05, 0.1) is 6.61 Å². The van der Waals surface area contributed by atoms with Gasteiger partial charge in [-0.25, -0.2) is 0 Å². The number of aliphatic hydroxyl groups excluding tert-OH is 1. The van der Waals surface area contributed by atoms with Crippen molar-refractivity contribution in [3.63, 3.8) is 0 Å². The first-order chi connectivity index (χ1) is 6.95. The van der Waals surface area contributed by atoms with Gasteiger partial charge in [-0.2, -0.15) is 0 Å². The molecule has 0 unspecified atom stereocenters. The maximum Gasteiger partial charge on any atom is 0.119 e. The fraction of sp³-hybridized carbons (Fsp3) is 0.500. The molecule has 0 fully saturated rings. The third-order valence-electron chi connectivity index (χ3n) is 2.14. The number of hydrogen-bond acceptors (Lipinski definition) is 3. The molecule has 0 amide bonds. The summed E-state index contributed by atoms with van der Waals surface area (Å²) >= 11 is 1.60. The molecular weight excluding hydrogens is 208 g/mol. The van der Waals surface area contributed by atoms with E-state index < -0.39 is 0 Å². The van der Waals surface area contributed by atoms with E-state index in [-0.39, 0.29) is 12.0 Å². The lowest BCUT2D eigenvalue weighted by atomic mass is 9.86. The van der Waals surface area contributed by atoms with Crippen LogP contribution in [0.1, 0.15) is 26.3 Å². The zero-order valence-electron chi connectivity index (χ0n) is 9.45. The molecule has 0 aliphatic rings. The van der Waals surface area contributed by atoms with E-state index in [1.54, 1.807) is 17.8 Å². The first-order valence-electron chi connectivity index (χ1n) is 5.02. The van der Waals surface area contributed by atoms with Crippen LogP contribution in [-0.4, -0.2) is 22.6 Å². The number of aliphatic hydroxyl groups is 1. The minimum atomic E-state index is -0.0557. The average molecular weight is 226 g/mol. The third-order valence-corrected chi connectivity index (χ3v) is 3.11. The highest BCUT2D eigenvalue weighted by Crippen LogP contribution is 2.33. The second-order valence-electron chi connectivity index (χ2n) is 4.50. The van der Waals surface area contributed by atoms with Crippen LogP contribution in [0.4, 0.5) is 0 Å². The standard InChI is InChI=1S/C12H18O2S/c1-12(2,3)10-8-9(15-7-6-13)4-5-11(10)14/h4-5,8,13-14H,6-7H2,1-3H3. The van der Waals surface area contributed by atoms with Gasteiger partial charge in [-0.3, -0.25) is 0 Å². The fourth-order valence-corrected chi connectivity index (χ4v) is 2.06. The van der Waals surface area contributed by atoms with Gasteiger partial charge >= 0.3 is 0 Å². The third kappa shape index (κ3) is 3.43. The molecule has 0 heterocycles. The number of aromatic hydroxyl groups is 1. The normalized spacial score (nSPS) is 11.7. The van der Waals surface area contributed by atoms with Gasteiger partial charge in [-0.15, -0.1) is 11.8 Å². The monoisotopic (exact) mass is 226 g/mol. The highest BCUT2D eigenvalue weighted by Gasteiger charge is 2.18. The molecule has 84 valence electrons. The largest absolute Gasteiger partial charge is 0.508 e. The smallest absolute Gasteiger partial charge is 0.119 e. The van der Waals surface area contributed by atoms with Gasteiger partial charge in [-0.1, -0.05) is 20.8 Å². The Bertz CT molecular complexity index is 329. The van der Waals surface area contributed by atoms with Crippen LogP contribution < -0.4 is 0 Å². The zero-order valence-corrected chi connectivity index (χ0v) is 10.3. The van der Waals surface area contributed by atoms with Gasteiger partial charge in [0.1, 0.15) is 5.75 Å². The van der Waals surface area contributed by atoms with Crippen LogP contribution in [0.5, 0.6) is 5.75 Å². The van der Waals surface area contributed by atoms with Gasteiger partial charge < -0.3 is 10.2 Å². The van der Waals surface area contributed by atoms with Crippen molar-refractivity contribution in [1.82, 2.24) is 0 Å². The van der Waals surface area contributed by atoms with E-state index in [2.05, 4.69) is 20.8 Å². The first kappa shape index (κ1) is 12.4. The minimum absolute atomic E-state index is 0.0557. The minimum Gasteiger partial charge on any atom is -0.508 e. The lowest BCUT2D eigenvalue weighted by Crippen LogP contribution is -2.11. The zero-order chi connectivity index (χ0) is 11.5. The van der Waals surface area contributed by atoms with Crippen molar-refractivity contribution < 1.29 is 10.2 Å². The first-order valence-corrected chi connectivity index (χ1v) is 6.01. The van der Waals surface area contributed by atoms with Crippen molar-refractivity contribution in [2.24, 2.45) is 0 Å². The second kappa shape index (κ2) is 4.90. The van der Waals surface area contributed by atoms with Crippen LogP contribution >= 0.6 is 11.8 Å². The summed E-state index contributed by atoms with van der Waals surface area (Å²) in [6.45, 7) is 6.39. The number of rotatable bonds is 3. The molecule has 0 aliphatic heterocycles. The molecule has 0 bridgehead atoms. The maximum absolute atomic E-state index is 9.74. The molecular formula is C12H18O2S. The van der Waals surface area contributed by atoms with E-state index in [0.717, 1.165) is 10.5 Å². The Morgan fingerprint density at radius 3 is 2.47 bits per heavy atom. The molecule has 0 aromatic heterocycles. The van der Waals surface area contributed by atoms with Crippen LogP contribution in [0, 0.1) is 0 Å². The highest BCUT2D eigenvalue weighted by atomic mass is 32.2. The quantitative estimate of drug-likeness (QED) is 0.779. The van der Waals surface area contributed by atoms with E-state index in [4.69, 9.17) is 5.11 Å². The number of benzene rings is 1. The van der Waals surface area contributed by atoms with E-state index in [1.807, 2.05) is 12.1 Å². The van der Waals surface area contributed by atoms with E-state index in [9.17, 15) is 5.11 Å². The summed E-state index contributed by atoms with van der Waals surface area (Å²) in [5.74, 6) is 1.03. The average Bonchev–Trinajstić information content (AvgIpc) is 2.15. The lowest BCUT2D eigenvalue weighted by Gasteiger charge is -2.21. The fourth-order valence-electron chi connectivity index (χ4n) is 1.37. The molecule has 1 aromatic carbocycles. The Morgan fingerprint density at radius 2 is 1.93 bits per heavy atom. The van der Waals surface area contributed by atoms with Crippen molar-refractivity contribution in [2.75, 3.05) is 12.4 Å². The molecule has 2 N–H and O–H groups in total. The molecule has 0 atom stereocenters. The second-order valence-corrected chi connectivity index (χ2v) is 5.67. The molecule has 1 aromatic rings. The lowest BCUT2D eigenvalue weighted by molar-refractivity contribution is 0.322. The van der Waals surface area contributed by atoms with Crippen LogP contribution in [0.2, 0.25) is 0 Å². The molecule has 1 rings (SSSR count). The van der Waals surface area contributed by atoms with E-state index in [0.29, 0.717) is 11.5 Å². The van der Waals surface area contributed by atoms with Gasteiger partial charge in [0, 0.05) is 16.2 Å². The predicted molar refractivity (Wildman–Crippen MR) is 64.6 cm³/mol. The molecule has 0 radical (unpaired) electrons. The molecule has 0 aliphatic carbocycles. The van der Waals surface area contributed by atoms with Crippen molar-refractivity contribution in [3.8, 4) is 5.75 Å². The Balaban J connectivity index is 2.95. The highest BCUT2D eigenvalue weighted by molar-refractivity contribution is 7.99. The molecule has 0 saturated heterocycles. The SMILES string of the molecule is CC(C)(C)c1cc(SCCO)ccc1O. The van der Waals surface area contributed by atoms with Gasteiger partial charge in [0.25, 0.3) is 0 Å². The van der Waals surface area contributed by atoms with Gasteiger partial charge in [-0.05, 0) is 23.6 Å². The maximum atomic E-state index is 9.74. The molecule has 3 heteroatoms. The van der Waals surface area contributed by atoms with Gasteiger partial charge in [0.15, 0.2) is 0 Å². The molecule has 2 nitrogen and oxygen atoms in total. The summed E-state index contributed by atoms with van der Waals surface area (Å²) in [7, 11) is 0. The van der Waals surface area contributed by atoms with Crippen molar-refractivity contribution in [2.45, 2.75) is 31.1 Å². The molecule has 15 heavy (non-hydrogen) atoms. The summed E-state index contributed by atoms with van der Waals surface area (Å²) in [6, 6.07) is 5.60. The topological polar surface area (TPSA) is 40.5 Å². The Labute approximate surface area is 95.3 Å². The summed E-state index contributed by atoms with van der Waals surface area (Å²) < 4.78 is 0. The van der Waals surface area contributed by atoms with E-state index >= 15 is 0 Å². The summed E-state index contributed by atoms with van der Waals surface area (Å²) in [5, 5.41) is 18.5. The Morgan fingerprint density at radius 1 is 1.27 bits per heavy atom. The summed E-state index contributed by atoms with van der Waals surface area (Å²) in [6.07, 6.45) is 0. The van der Waals surface area contributed by atoms with E-state index in [1.165, 1.54) is 0 Å². The Hall–Kier alpha value is -0.670. The summed E-state index contributed by atoms with van der Waals surface area (Å²) in [5.41, 5.74) is 0.894. The van der Waals surface area contributed by atoms with Crippen molar-refractivity contribution in [1.29, 1.82) is 0 Å². The van der Waals surface area contributed by atoms with Crippen molar-refractivity contribution in [3.05, 3.63) is 23.8 Å². The number of phenols is 1. The van der Waals surface area contributed by atoms with Crippen LogP contribution in [0.25, 0.3) is 0 Å². The van der Waals surface area contributed by atoms with Crippen LogP contribution in [0.15, 0.2) is 23.1 Å². The Kier molecular flexibility index (Phi) is 4.05. The number of phenolic OH excluding ortho intramolecular Hbond substituents is 1. The van der Waals surface area contributed by atoms with Gasteiger partial charge in [0.2, 0.25) is 0 Å². The molecule has 0 spiro atoms. The number of hydrogen-bond donors (Lipinski definition) is 2. The summed E-state index contributed by atoms with van der Waals surface area (Å²) in [4.78, 5) is 1.09. The van der Waals surface area contributed by atoms with Crippen LogP contribution in [0.3, 0.4) is 0 Å². The predicted octanol–water partition coefficient (Wildman–Crippen LogP) is 2.77. The molecule has 0 saturated carbocycles. The van der Waals surface area contributed by atoms with Crippen LogP contribution in [-0.2, 0) is 5.41 Å². The number of thioether (sulfide) groups is 1. The van der Waals surface area contributed by atoms with Crippen molar-refractivity contribution >= 4 is 11.8 Å².